The van der Waals surface area contributed by atoms with Crippen LogP contribution in [0.1, 0.15) is 30.5 Å². The maximum absolute atomic E-state index is 13.9. The first-order chi connectivity index (χ1) is 11.0. The quantitative estimate of drug-likeness (QED) is 0.627. The summed E-state index contributed by atoms with van der Waals surface area (Å²) in [5.74, 6) is -0.541. The zero-order valence-electron chi connectivity index (χ0n) is 13.2. The van der Waals surface area contributed by atoms with Crippen molar-refractivity contribution in [2.24, 2.45) is 0 Å². The summed E-state index contributed by atoms with van der Waals surface area (Å²) in [7, 11) is 1.39. The Morgan fingerprint density at radius 3 is 2.17 bits per heavy atom. The van der Waals surface area contributed by atoms with Crippen molar-refractivity contribution < 1.29 is 13.9 Å². The standard InChI is InChI=1S/C19H16FNO2/c1-12(15-6-4-14(11-21)5-7-15)19(13(2)22)16-8-9-18(23-3)17(20)10-16/h4-10H,1-3H3. The van der Waals surface area contributed by atoms with Crippen LogP contribution in [0.3, 0.4) is 0 Å². The molecule has 0 unspecified atom stereocenters. The number of allylic oxidation sites excluding steroid dienone is 2. The van der Waals surface area contributed by atoms with Crippen LogP contribution in [-0.2, 0) is 4.79 Å². The number of hydrogen-bond donors (Lipinski definition) is 0. The lowest BCUT2D eigenvalue weighted by Gasteiger charge is -2.12. The van der Waals surface area contributed by atoms with Gasteiger partial charge in [0.2, 0.25) is 0 Å². The van der Waals surface area contributed by atoms with Crippen LogP contribution in [0.4, 0.5) is 4.39 Å². The summed E-state index contributed by atoms with van der Waals surface area (Å²) in [6.07, 6.45) is 0. The molecule has 23 heavy (non-hydrogen) atoms. The molecule has 0 radical (unpaired) electrons. The summed E-state index contributed by atoms with van der Waals surface area (Å²) >= 11 is 0. The Balaban J connectivity index is 2.58. The van der Waals surface area contributed by atoms with Gasteiger partial charge in [0.05, 0.1) is 18.7 Å². The average molecular weight is 309 g/mol. The minimum atomic E-state index is -0.517. The second-order valence-electron chi connectivity index (χ2n) is 5.09. The van der Waals surface area contributed by atoms with Crippen molar-refractivity contribution in [3.05, 3.63) is 65.0 Å². The molecule has 4 heteroatoms. The van der Waals surface area contributed by atoms with Gasteiger partial charge in [-0.1, -0.05) is 18.2 Å². The summed E-state index contributed by atoms with van der Waals surface area (Å²) in [5, 5.41) is 8.85. The first-order valence-electron chi connectivity index (χ1n) is 7.04. The molecule has 0 heterocycles. The van der Waals surface area contributed by atoms with Gasteiger partial charge >= 0.3 is 0 Å². The smallest absolute Gasteiger partial charge is 0.165 e. The number of carbonyl (C=O) groups is 1. The molecular weight excluding hydrogens is 293 g/mol. The third-order valence-corrected chi connectivity index (χ3v) is 3.61. The molecule has 0 bridgehead atoms. The molecular formula is C19H16FNO2. The highest BCUT2D eigenvalue weighted by molar-refractivity contribution is 6.26. The van der Waals surface area contributed by atoms with Gasteiger partial charge in [0.1, 0.15) is 0 Å². The number of nitrogens with zero attached hydrogens (tertiary/aromatic N) is 1. The molecule has 0 aliphatic carbocycles. The second kappa shape index (κ2) is 6.89. The molecule has 2 aromatic carbocycles. The molecule has 0 N–H and O–H groups in total. The van der Waals surface area contributed by atoms with Crippen LogP contribution in [0.25, 0.3) is 11.1 Å². The van der Waals surface area contributed by atoms with Crippen LogP contribution in [-0.4, -0.2) is 12.9 Å². The monoisotopic (exact) mass is 309 g/mol. The number of ether oxygens (including phenoxy) is 1. The molecule has 2 rings (SSSR count). The Bertz CT molecular complexity index is 814. The molecule has 2 aromatic rings. The fourth-order valence-corrected chi connectivity index (χ4v) is 2.44. The third kappa shape index (κ3) is 3.46. The van der Waals surface area contributed by atoms with Crippen LogP contribution < -0.4 is 4.74 Å². The van der Waals surface area contributed by atoms with Gasteiger partial charge in [-0.15, -0.1) is 0 Å². The van der Waals surface area contributed by atoms with Crippen molar-refractivity contribution in [3.63, 3.8) is 0 Å². The van der Waals surface area contributed by atoms with Crippen molar-refractivity contribution in [2.45, 2.75) is 13.8 Å². The molecule has 116 valence electrons. The first-order valence-corrected chi connectivity index (χ1v) is 7.04. The van der Waals surface area contributed by atoms with Crippen LogP contribution in [0, 0.1) is 17.1 Å². The van der Waals surface area contributed by atoms with Crippen molar-refractivity contribution in [2.75, 3.05) is 7.11 Å². The Morgan fingerprint density at radius 1 is 1.09 bits per heavy atom. The minimum absolute atomic E-state index is 0.132. The van der Waals surface area contributed by atoms with Crippen molar-refractivity contribution in [1.82, 2.24) is 0 Å². The molecule has 0 saturated heterocycles. The predicted molar refractivity (Wildman–Crippen MR) is 87.3 cm³/mol. The first kappa shape index (κ1) is 16.4. The van der Waals surface area contributed by atoms with Gasteiger partial charge in [0.25, 0.3) is 0 Å². The topological polar surface area (TPSA) is 50.1 Å². The van der Waals surface area contributed by atoms with Gasteiger partial charge < -0.3 is 4.74 Å². The van der Waals surface area contributed by atoms with E-state index >= 15 is 0 Å². The van der Waals surface area contributed by atoms with E-state index in [9.17, 15) is 9.18 Å². The molecule has 0 atom stereocenters. The Kier molecular flexibility index (Phi) is 4.92. The van der Waals surface area contributed by atoms with E-state index in [1.165, 1.54) is 26.2 Å². The van der Waals surface area contributed by atoms with Gasteiger partial charge in [-0.2, -0.15) is 5.26 Å². The van der Waals surface area contributed by atoms with E-state index in [1.54, 1.807) is 37.3 Å². The van der Waals surface area contributed by atoms with Gasteiger partial charge in [0, 0.05) is 5.57 Å². The Morgan fingerprint density at radius 2 is 1.70 bits per heavy atom. The Labute approximate surface area is 134 Å². The largest absolute Gasteiger partial charge is 0.494 e. The maximum Gasteiger partial charge on any atom is 0.165 e. The third-order valence-electron chi connectivity index (χ3n) is 3.61. The number of Topliss-reactive ketones (excluding diaryl/α,β-unsaturated/α-hetero) is 1. The number of hydrogen-bond acceptors (Lipinski definition) is 3. The van der Waals surface area contributed by atoms with E-state index in [2.05, 4.69) is 6.07 Å². The number of nitriles is 1. The molecule has 0 aliphatic rings. The summed E-state index contributed by atoms with van der Waals surface area (Å²) in [6.45, 7) is 3.25. The summed E-state index contributed by atoms with van der Waals surface area (Å²) in [5.41, 5.74) is 3.02. The zero-order valence-corrected chi connectivity index (χ0v) is 13.2. The average Bonchev–Trinajstić information content (AvgIpc) is 2.55. The highest BCUT2D eigenvalue weighted by atomic mass is 19.1. The molecule has 3 nitrogen and oxygen atoms in total. The number of methoxy groups -OCH3 is 1. The highest BCUT2D eigenvalue weighted by Crippen LogP contribution is 2.29. The normalized spacial score (nSPS) is 11.4. The molecule has 0 spiro atoms. The van der Waals surface area contributed by atoms with Gasteiger partial charge in [-0.3, -0.25) is 4.79 Å². The van der Waals surface area contributed by atoms with E-state index in [1.807, 2.05) is 0 Å². The van der Waals surface area contributed by atoms with Gasteiger partial charge in [-0.05, 0) is 54.8 Å². The minimum Gasteiger partial charge on any atom is -0.494 e. The van der Waals surface area contributed by atoms with E-state index < -0.39 is 5.82 Å². The van der Waals surface area contributed by atoms with E-state index in [0.717, 1.165) is 11.1 Å². The SMILES string of the molecule is COc1ccc(C(C(C)=O)=C(C)c2ccc(C#N)cc2)cc1F. The lowest BCUT2D eigenvalue weighted by atomic mass is 9.93. The van der Waals surface area contributed by atoms with Crippen LogP contribution in [0.2, 0.25) is 0 Å². The van der Waals surface area contributed by atoms with Crippen LogP contribution >= 0.6 is 0 Å². The van der Waals surface area contributed by atoms with Crippen molar-refractivity contribution in [3.8, 4) is 11.8 Å². The number of carbonyl (C=O) groups excluding carboxylic acids is 1. The lowest BCUT2D eigenvalue weighted by molar-refractivity contribution is -0.111. The van der Waals surface area contributed by atoms with Gasteiger partial charge in [0.15, 0.2) is 17.3 Å². The summed E-state index contributed by atoms with van der Waals surface area (Å²) in [4.78, 5) is 12.1. The molecule has 0 aromatic heterocycles. The summed E-state index contributed by atoms with van der Waals surface area (Å²) < 4.78 is 18.8. The highest BCUT2D eigenvalue weighted by Gasteiger charge is 2.15. The maximum atomic E-state index is 13.9. The fraction of sp³-hybridized carbons (Fsp3) is 0.158. The van der Waals surface area contributed by atoms with Crippen LogP contribution in [0.5, 0.6) is 5.75 Å². The predicted octanol–water partition coefficient (Wildman–Crippen LogP) is 4.23. The number of halogens is 1. The fourth-order valence-electron chi connectivity index (χ4n) is 2.44. The van der Waals surface area contributed by atoms with E-state index in [0.29, 0.717) is 16.7 Å². The number of ketones is 1. The Hall–Kier alpha value is -2.93. The second-order valence-corrected chi connectivity index (χ2v) is 5.09. The van der Waals surface area contributed by atoms with E-state index in [4.69, 9.17) is 10.00 Å². The molecule has 0 amide bonds. The van der Waals surface area contributed by atoms with Crippen molar-refractivity contribution >= 4 is 16.9 Å². The zero-order chi connectivity index (χ0) is 17.0. The number of benzene rings is 2. The number of rotatable bonds is 4. The molecule has 0 aliphatic heterocycles. The van der Waals surface area contributed by atoms with E-state index in [-0.39, 0.29) is 11.5 Å². The summed E-state index contributed by atoms with van der Waals surface area (Å²) in [6, 6.07) is 13.4. The lowest BCUT2D eigenvalue weighted by Crippen LogP contribution is -2.01. The molecule has 0 fully saturated rings. The van der Waals surface area contributed by atoms with Crippen molar-refractivity contribution in [1.29, 1.82) is 5.26 Å². The molecule has 0 saturated carbocycles. The van der Waals surface area contributed by atoms with Crippen LogP contribution in [0.15, 0.2) is 42.5 Å². The van der Waals surface area contributed by atoms with Gasteiger partial charge in [-0.25, -0.2) is 4.39 Å².